The summed E-state index contributed by atoms with van der Waals surface area (Å²) in [5, 5.41) is 0. The van der Waals surface area contributed by atoms with Gasteiger partial charge in [-0.3, -0.25) is 4.79 Å². The minimum absolute atomic E-state index is 0.207. The Morgan fingerprint density at radius 3 is 2.67 bits per heavy atom. The lowest BCUT2D eigenvalue weighted by Gasteiger charge is -2.10. The fourth-order valence-corrected chi connectivity index (χ4v) is 2.15. The van der Waals surface area contributed by atoms with Gasteiger partial charge in [-0.05, 0) is 32.0 Å². The standard InChI is InChI=1S/C14H15F3N2O2/c1-4-21-13(20)8(2)12-18-10-7-9(14(15,16)17)5-6-11(10)19(12)3/h5-8H,4H2,1-3H3. The second-order valence-corrected chi connectivity index (χ2v) is 4.70. The van der Waals surface area contributed by atoms with Gasteiger partial charge in [0.25, 0.3) is 0 Å². The van der Waals surface area contributed by atoms with E-state index in [1.807, 2.05) is 0 Å². The largest absolute Gasteiger partial charge is 0.465 e. The predicted molar refractivity (Wildman–Crippen MR) is 70.8 cm³/mol. The molecule has 1 aromatic carbocycles. The van der Waals surface area contributed by atoms with Crippen LogP contribution in [0.3, 0.4) is 0 Å². The van der Waals surface area contributed by atoms with Crippen molar-refractivity contribution in [3.63, 3.8) is 0 Å². The number of imidazole rings is 1. The highest BCUT2D eigenvalue weighted by atomic mass is 19.4. The second-order valence-electron chi connectivity index (χ2n) is 4.70. The van der Waals surface area contributed by atoms with E-state index in [4.69, 9.17) is 4.74 Å². The lowest BCUT2D eigenvalue weighted by atomic mass is 10.2. The average Bonchev–Trinajstić information content (AvgIpc) is 2.74. The zero-order chi connectivity index (χ0) is 15.8. The molecule has 1 aromatic heterocycles. The summed E-state index contributed by atoms with van der Waals surface area (Å²) in [5.41, 5.74) is -0.0175. The van der Waals surface area contributed by atoms with E-state index in [1.54, 1.807) is 25.5 Å². The molecule has 1 heterocycles. The van der Waals surface area contributed by atoms with Crippen LogP contribution in [0.25, 0.3) is 11.0 Å². The highest BCUT2D eigenvalue weighted by Gasteiger charge is 2.31. The summed E-state index contributed by atoms with van der Waals surface area (Å²) in [6.45, 7) is 3.55. The fraction of sp³-hybridized carbons (Fsp3) is 0.429. The molecule has 21 heavy (non-hydrogen) atoms. The molecule has 0 aliphatic carbocycles. The molecule has 0 spiro atoms. The zero-order valence-corrected chi connectivity index (χ0v) is 11.9. The first-order valence-electron chi connectivity index (χ1n) is 6.46. The lowest BCUT2D eigenvalue weighted by molar-refractivity contribution is -0.144. The molecule has 0 fully saturated rings. The Balaban J connectivity index is 2.48. The van der Waals surface area contributed by atoms with Crippen molar-refractivity contribution in [2.45, 2.75) is 25.9 Å². The quantitative estimate of drug-likeness (QED) is 0.817. The number of aryl methyl sites for hydroxylation is 1. The van der Waals surface area contributed by atoms with Crippen molar-refractivity contribution in [3.05, 3.63) is 29.6 Å². The summed E-state index contributed by atoms with van der Waals surface area (Å²) >= 11 is 0. The number of esters is 1. The topological polar surface area (TPSA) is 44.1 Å². The normalized spacial score (nSPS) is 13.4. The molecule has 0 saturated heterocycles. The lowest BCUT2D eigenvalue weighted by Crippen LogP contribution is -2.16. The van der Waals surface area contributed by atoms with Crippen molar-refractivity contribution in [1.29, 1.82) is 0 Å². The van der Waals surface area contributed by atoms with E-state index in [2.05, 4.69) is 4.98 Å². The van der Waals surface area contributed by atoms with E-state index in [0.29, 0.717) is 11.3 Å². The van der Waals surface area contributed by atoms with Crippen LogP contribution in [0.5, 0.6) is 0 Å². The number of aromatic nitrogens is 2. The molecule has 0 N–H and O–H groups in total. The highest BCUT2D eigenvalue weighted by Crippen LogP contribution is 2.32. The molecule has 7 heteroatoms. The first-order chi connectivity index (χ1) is 9.75. The highest BCUT2D eigenvalue weighted by molar-refractivity contribution is 5.81. The Morgan fingerprint density at radius 1 is 1.43 bits per heavy atom. The molecule has 114 valence electrons. The molecular formula is C14H15F3N2O2. The van der Waals surface area contributed by atoms with E-state index in [0.717, 1.165) is 12.1 Å². The number of benzene rings is 1. The van der Waals surface area contributed by atoms with E-state index in [1.165, 1.54) is 6.07 Å². The molecule has 4 nitrogen and oxygen atoms in total. The van der Waals surface area contributed by atoms with E-state index < -0.39 is 23.6 Å². The van der Waals surface area contributed by atoms with E-state index in [-0.39, 0.29) is 12.1 Å². The van der Waals surface area contributed by atoms with Crippen LogP contribution in [0.4, 0.5) is 13.2 Å². The maximum absolute atomic E-state index is 12.7. The van der Waals surface area contributed by atoms with Crippen LogP contribution in [0.15, 0.2) is 18.2 Å². The molecule has 0 amide bonds. The molecule has 2 rings (SSSR count). The van der Waals surface area contributed by atoms with Crippen LogP contribution in [-0.4, -0.2) is 22.1 Å². The van der Waals surface area contributed by atoms with Gasteiger partial charge in [-0.25, -0.2) is 4.98 Å². The van der Waals surface area contributed by atoms with Gasteiger partial charge in [-0.2, -0.15) is 13.2 Å². The molecule has 0 saturated carbocycles. The van der Waals surface area contributed by atoms with Crippen molar-refractivity contribution in [3.8, 4) is 0 Å². The van der Waals surface area contributed by atoms with Gasteiger partial charge >= 0.3 is 12.1 Å². The molecule has 2 aromatic rings. The first-order valence-corrected chi connectivity index (χ1v) is 6.46. The Morgan fingerprint density at radius 2 is 2.10 bits per heavy atom. The Hall–Kier alpha value is -2.05. The van der Waals surface area contributed by atoms with Gasteiger partial charge < -0.3 is 9.30 Å². The van der Waals surface area contributed by atoms with Gasteiger partial charge in [0.05, 0.1) is 23.2 Å². The minimum Gasteiger partial charge on any atom is -0.465 e. The van der Waals surface area contributed by atoms with Crippen molar-refractivity contribution in [2.75, 3.05) is 6.61 Å². The second kappa shape index (κ2) is 5.38. The Kier molecular flexibility index (Phi) is 3.93. The average molecular weight is 300 g/mol. The Labute approximate surface area is 119 Å². The monoisotopic (exact) mass is 300 g/mol. The van der Waals surface area contributed by atoms with Crippen LogP contribution in [0, 0.1) is 0 Å². The van der Waals surface area contributed by atoms with E-state index in [9.17, 15) is 18.0 Å². The van der Waals surface area contributed by atoms with Gasteiger partial charge in [0, 0.05) is 7.05 Å². The SMILES string of the molecule is CCOC(=O)C(C)c1nc2cc(C(F)(F)F)ccc2n1C. The number of ether oxygens (including phenoxy) is 1. The van der Waals surface area contributed by atoms with Gasteiger partial charge in [0.15, 0.2) is 0 Å². The number of rotatable bonds is 3. The third kappa shape index (κ3) is 2.86. The van der Waals surface area contributed by atoms with Crippen molar-refractivity contribution in [2.24, 2.45) is 7.05 Å². The molecule has 1 unspecified atom stereocenters. The number of hydrogen-bond acceptors (Lipinski definition) is 3. The molecule has 0 radical (unpaired) electrons. The number of alkyl halides is 3. The maximum Gasteiger partial charge on any atom is 0.416 e. The minimum atomic E-state index is -4.42. The van der Waals surface area contributed by atoms with Gasteiger partial charge in [0.2, 0.25) is 0 Å². The smallest absolute Gasteiger partial charge is 0.416 e. The molecule has 0 aliphatic rings. The summed E-state index contributed by atoms with van der Waals surface area (Å²) in [4.78, 5) is 15.9. The van der Waals surface area contributed by atoms with Crippen molar-refractivity contribution in [1.82, 2.24) is 9.55 Å². The molecule has 0 bridgehead atoms. The summed E-state index contributed by atoms with van der Waals surface area (Å²) < 4.78 is 44.6. The number of carbonyl (C=O) groups is 1. The van der Waals surface area contributed by atoms with E-state index >= 15 is 0 Å². The van der Waals surface area contributed by atoms with Crippen LogP contribution in [0.2, 0.25) is 0 Å². The first kappa shape index (κ1) is 15.3. The zero-order valence-electron chi connectivity index (χ0n) is 11.9. The number of carbonyl (C=O) groups excluding carboxylic acids is 1. The number of nitrogens with zero attached hydrogens (tertiary/aromatic N) is 2. The van der Waals surface area contributed by atoms with Gasteiger partial charge in [-0.1, -0.05) is 0 Å². The molecule has 0 aliphatic heterocycles. The third-order valence-corrected chi connectivity index (χ3v) is 3.27. The number of halogens is 3. The Bertz CT molecular complexity index is 677. The van der Waals surface area contributed by atoms with Gasteiger partial charge in [-0.15, -0.1) is 0 Å². The van der Waals surface area contributed by atoms with Crippen molar-refractivity contribution >= 4 is 17.0 Å². The van der Waals surface area contributed by atoms with Crippen LogP contribution in [-0.2, 0) is 22.8 Å². The fourth-order valence-electron chi connectivity index (χ4n) is 2.15. The summed E-state index contributed by atoms with van der Waals surface area (Å²) in [7, 11) is 1.66. The summed E-state index contributed by atoms with van der Waals surface area (Å²) in [5.74, 6) is -0.716. The molecular weight excluding hydrogens is 285 g/mol. The van der Waals surface area contributed by atoms with Crippen LogP contribution < -0.4 is 0 Å². The predicted octanol–water partition coefficient (Wildman–Crippen LogP) is 3.26. The number of hydrogen-bond donors (Lipinski definition) is 0. The maximum atomic E-state index is 12.7. The van der Waals surface area contributed by atoms with Crippen molar-refractivity contribution < 1.29 is 22.7 Å². The van der Waals surface area contributed by atoms with Crippen LogP contribution >= 0.6 is 0 Å². The number of fused-ring (bicyclic) bond motifs is 1. The van der Waals surface area contributed by atoms with Crippen LogP contribution in [0.1, 0.15) is 31.2 Å². The summed E-state index contributed by atoms with van der Waals surface area (Å²) in [6, 6.07) is 3.34. The third-order valence-electron chi connectivity index (χ3n) is 3.27. The molecule has 1 atom stereocenters. The summed E-state index contributed by atoms with van der Waals surface area (Å²) in [6.07, 6.45) is -4.42. The van der Waals surface area contributed by atoms with Gasteiger partial charge in [0.1, 0.15) is 11.7 Å².